The first-order chi connectivity index (χ1) is 10.2. The molecule has 21 heavy (non-hydrogen) atoms. The van der Waals surface area contributed by atoms with Gasteiger partial charge < -0.3 is 4.74 Å². The van der Waals surface area contributed by atoms with E-state index < -0.39 is 6.04 Å². The van der Waals surface area contributed by atoms with E-state index in [0.717, 1.165) is 18.7 Å². The van der Waals surface area contributed by atoms with Crippen molar-refractivity contribution in [2.24, 2.45) is 0 Å². The van der Waals surface area contributed by atoms with E-state index in [1.165, 1.54) is 7.11 Å². The van der Waals surface area contributed by atoms with Crippen LogP contribution in [0.4, 0.5) is 0 Å². The van der Waals surface area contributed by atoms with Gasteiger partial charge in [0.15, 0.2) is 0 Å². The van der Waals surface area contributed by atoms with Gasteiger partial charge in [-0.3, -0.25) is 9.80 Å². The summed E-state index contributed by atoms with van der Waals surface area (Å²) in [6.45, 7) is 3.33. The van der Waals surface area contributed by atoms with Gasteiger partial charge in [-0.25, -0.2) is 4.79 Å². The first-order valence-corrected chi connectivity index (χ1v) is 7.20. The number of rotatable bonds is 4. The monoisotopic (exact) mass is 307 g/mol. The molecule has 0 radical (unpaired) electrons. The molecule has 0 aliphatic carbocycles. The maximum Gasteiger partial charge on any atom is 0.327 e. The van der Waals surface area contributed by atoms with E-state index in [0.29, 0.717) is 24.7 Å². The maximum absolute atomic E-state index is 12.2. The van der Waals surface area contributed by atoms with Crippen molar-refractivity contribution in [3.63, 3.8) is 0 Å². The van der Waals surface area contributed by atoms with E-state index in [-0.39, 0.29) is 5.97 Å². The molecule has 1 atom stereocenters. The number of benzene rings is 1. The highest BCUT2D eigenvalue weighted by molar-refractivity contribution is 6.31. The first-order valence-electron chi connectivity index (χ1n) is 6.83. The molecular weight excluding hydrogens is 290 g/mol. The fraction of sp³-hybridized carbons (Fsp3) is 0.467. The number of ether oxygens (including phenoxy) is 1. The fourth-order valence-electron chi connectivity index (χ4n) is 2.56. The average molecular weight is 308 g/mol. The van der Waals surface area contributed by atoms with Crippen LogP contribution in [0.1, 0.15) is 11.6 Å². The van der Waals surface area contributed by atoms with Crippen molar-refractivity contribution < 1.29 is 9.53 Å². The van der Waals surface area contributed by atoms with Crippen molar-refractivity contribution in [1.82, 2.24) is 9.80 Å². The Morgan fingerprint density at radius 1 is 1.38 bits per heavy atom. The minimum absolute atomic E-state index is 0.308. The Bertz CT molecular complexity index is 536. The van der Waals surface area contributed by atoms with Crippen molar-refractivity contribution in [3.8, 4) is 6.07 Å². The molecule has 0 N–H and O–H groups in total. The number of nitriles is 1. The van der Waals surface area contributed by atoms with Crippen molar-refractivity contribution in [2.45, 2.75) is 6.04 Å². The molecular formula is C15H18ClN3O2. The number of methoxy groups -OCH3 is 1. The third kappa shape index (κ3) is 3.73. The molecule has 5 nitrogen and oxygen atoms in total. The lowest BCUT2D eigenvalue weighted by Gasteiger charge is -2.37. The Labute approximate surface area is 129 Å². The minimum atomic E-state index is -0.493. The Morgan fingerprint density at radius 3 is 2.62 bits per heavy atom. The van der Waals surface area contributed by atoms with Gasteiger partial charge in [0, 0.05) is 31.2 Å². The van der Waals surface area contributed by atoms with Crippen LogP contribution in [0.3, 0.4) is 0 Å². The highest BCUT2D eigenvalue weighted by Gasteiger charge is 2.32. The fourth-order valence-corrected chi connectivity index (χ4v) is 2.80. The lowest BCUT2D eigenvalue weighted by molar-refractivity contribution is -0.148. The van der Waals surface area contributed by atoms with Gasteiger partial charge in [0.1, 0.15) is 6.04 Å². The summed E-state index contributed by atoms with van der Waals surface area (Å²) in [7, 11) is 1.39. The zero-order chi connectivity index (χ0) is 15.2. The van der Waals surface area contributed by atoms with Crippen LogP contribution >= 0.6 is 11.6 Å². The molecule has 2 rings (SSSR count). The Balaban J connectivity index is 2.17. The summed E-state index contributed by atoms with van der Waals surface area (Å²) >= 11 is 6.23. The second-order valence-electron chi connectivity index (χ2n) is 4.92. The predicted molar refractivity (Wildman–Crippen MR) is 79.8 cm³/mol. The van der Waals surface area contributed by atoms with E-state index >= 15 is 0 Å². The topological polar surface area (TPSA) is 56.6 Å². The SMILES string of the molecule is COC(=O)[C@@H](c1ccccc1Cl)N1CCN(CC#N)CC1. The summed E-state index contributed by atoms with van der Waals surface area (Å²) in [5.41, 5.74) is 0.764. The van der Waals surface area contributed by atoms with Crippen molar-refractivity contribution >= 4 is 17.6 Å². The lowest BCUT2D eigenvalue weighted by atomic mass is 10.0. The van der Waals surface area contributed by atoms with Gasteiger partial charge in [-0.15, -0.1) is 0 Å². The standard InChI is InChI=1S/C15H18ClN3O2/c1-21-15(20)14(12-4-2-3-5-13(12)16)19-10-8-18(7-6-17)9-11-19/h2-5,14H,7-11H2,1H3/t14-/m1/s1. The molecule has 0 unspecified atom stereocenters. The van der Waals surface area contributed by atoms with Gasteiger partial charge in [0.25, 0.3) is 0 Å². The summed E-state index contributed by atoms with van der Waals surface area (Å²) in [6, 6.07) is 8.99. The largest absolute Gasteiger partial charge is 0.468 e. The normalized spacial score (nSPS) is 18.0. The van der Waals surface area contributed by atoms with Gasteiger partial charge in [0.2, 0.25) is 0 Å². The highest BCUT2D eigenvalue weighted by Crippen LogP contribution is 2.29. The number of hydrogen-bond acceptors (Lipinski definition) is 5. The summed E-state index contributed by atoms with van der Waals surface area (Å²) in [5, 5.41) is 9.30. The molecule has 0 amide bonds. The summed E-state index contributed by atoms with van der Waals surface area (Å²) in [6.07, 6.45) is 0. The number of carbonyl (C=O) groups is 1. The molecule has 1 aromatic carbocycles. The number of esters is 1. The smallest absolute Gasteiger partial charge is 0.327 e. The lowest BCUT2D eigenvalue weighted by Crippen LogP contribution is -2.49. The Morgan fingerprint density at radius 2 is 2.05 bits per heavy atom. The molecule has 0 spiro atoms. The Hall–Kier alpha value is -1.61. The zero-order valence-corrected chi connectivity index (χ0v) is 12.7. The van der Waals surface area contributed by atoms with Crippen LogP contribution in [0, 0.1) is 11.3 Å². The quantitative estimate of drug-likeness (QED) is 0.626. The van der Waals surface area contributed by atoms with Crippen LogP contribution in [0.25, 0.3) is 0 Å². The number of nitrogens with zero attached hydrogens (tertiary/aromatic N) is 3. The molecule has 1 aromatic rings. The van der Waals surface area contributed by atoms with Crippen molar-refractivity contribution in [2.75, 3.05) is 39.8 Å². The average Bonchev–Trinajstić information content (AvgIpc) is 2.51. The van der Waals surface area contributed by atoms with E-state index in [2.05, 4.69) is 15.9 Å². The molecule has 0 saturated carbocycles. The molecule has 0 bridgehead atoms. The second kappa shape index (κ2) is 7.41. The number of carbonyl (C=O) groups excluding carboxylic acids is 1. The number of piperazine rings is 1. The van der Waals surface area contributed by atoms with Gasteiger partial charge in [-0.1, -0.05) is 29.8 Å². The summed E-state index contributed by atoms with van der Waals surface area (Å²) in [5.74, 6) is -0.308. The van der Waals surface area contributed by atoms with Gasteiger partial charge >= 0.3 is 5.97 Å². The van der Waals surface area contributed by atoms with E-state index in [1.807, 2.05) is 18.2 Å². The molecule has 1 heterocycles. The van der Waals surface area contributed by atoms with E-state index in [4.69, 9.17) is 21.6 Å². The van der Waals surface area contributed by atoms with Crippen LogP contribution in [0.2, 0.25) is 5.02 Å². The van der Waals surface area contributed by atoms with E-state index in [9.17, 15) is 4.79 Å². The van der Waals surface area contributed by atoms with Crippen LogP contribution in [0.5, 0.6) is 0 Å². The van der Waals surface area contributed by atoms with Crippen LogP contribution in [-0.2, 0) is 9.53 Å². The third-order valence-corrected chi connectivity index (χ3v) is 4.03. The first kappa shape index (κ1) is 15.8. The number of halogens is 1. The van der Waals surface area contributed by atoms with Crippen LogP contribution in [0.15, 0.2) is 24.3 Å². The third-order valence-electron chi connectivity index (χ3n) is 3.69. The van der Waals surface area contributed by atoms with Crippen LogP contribution < -0.4 is 0 Å². The van der Waals surface area contributed by atoms with Gasteiger partial charge in [-0.2, -0.15) is 5.26 Å². The van der Waals surface area contributed by atoms with Crippen molar-refractivity contribution in [3.05, 3.63) is 34.9 Å². The zero-order valence-electron chi connectivity index (χ0n) is 12.0. The number of hydrogen-bond donors (Lipinski definition) is 0. The molecule has 6 heteroatoms. The van der Waals surface area contributed by atoms with Gasteiger partial charge in [-0.05, 0) is 11.6 Å². The molecule has 1 saturated heterocycles. The van der Waals surface area contributed by atoms with Gasteiger partial charge in [0.05, 0.1) is 19.7 Å². The maximum atomic E-state index is 12.2. The molecule has 112 valence electrons. The van der Waals surface area contributed by atoms with E-state index in [1.54, 1.807) is 6.07 Å². The minimum Gasteiger partial charge on any atom is -0.468 e. The van der Waals surface area contributed by atoms with Crippen molar-refractivity contribution in [1.29, 1.82) is 5.26 Å². The predicted octanol–water partition coefficient (Wildman–Crippen LogP) is 1.70. The molecule has 1 aliphatic rings. The molecule has 1 aliphatic heterocycles. The Kier molecular flexibility index (Phi) is 5.57. The summed E-state index contributed by atoms with van der Waals surface area (Å²) < 4.78 is 4.94. The highest BCUT2D eigenvalue weighted by atomic mass is 35.5. The second-order valence-corrected chi connectivity index (χ2v) is 5.32. The van der Waals surface area contributed by atoms with Crippen LogP contribution in [-0.4, -0.2) is 55.6 Å². The molecule has 0 aromatic heterocycles. The summed E-state index contributed by atoms with van der Waals surface area (Å²) in [4.78, 5) is 16.3. The molecule has 1 fully saturated rings.